The molecule has 6 nitrogen and oxygen atoms in total. The number of nitrogens with zero attached hydrogens (tertiary/aromatic N) is 4. The maximum absolute atomic E-state index is 13.9. The van der Waals surface area contributed by atoms with Gasteiger partial charge in [-0.3, -0.25) is 9.79 Å². The quantitative estimate of drug-likeness (QED) is 0.289. The fourth-order valence-electron chi connectivity index (χ4n) is 3.36. The highest BCUT2D eigenvalue weighted by molar-refractivity contribution is 9.10. The van der Waals surface area contributed by atoms with E-state index >= 15 is 0 Å². The molecule has 1 amide bonds. The van der Waals surface area contributed by atoms with Crippen molar-refractivity contribution in [1.29, 1.82) is 0 Å². The zero-order valence-corrected chi connectivity index (χ0v) is 17.4. The second-order valence-electron chi connectivity index (χ2n) is 6.86. The number of aromatic nitrogens is 2. The average Bonchev–Trinajstić information content (AvgIpc) is 3.03. The second kappa shape index (κ2) is 8.89. The molecule has 2 N–H and O–H groups in total. The minimum atomic E-state index is -4.64. The van der Waals surface area contributed by atoms with Gasteiger partial charge >= 0.3 is 6.18 Å². The number of imidazole rings is 1. The summed E-state index contributed by atoms with van der Waals surface area (Å²) in [5.41, 5.74) is 5.30. The molecule has 1 atom stereocenters. The van der Waals surface area contributed by atoms with E-state index in [4.69, 9.17) is 5.73 Å². The van der Waals surface area contributed by atoms with Crippen molar-refractivity contribution in [3.63, 3.8) is 0 Å². The Labute approximate surface area is 180 Å². The van der Waals surface area contributed by atoms with Crippen LogP contribution in [-0.4, -0.2) is 39.3 Å². The van der Waals surface area contributed by atoms with Gasteiger partial charge in [0.25, 0.3) is 0 Å². The van der Waals surface area contributed by atoms with Gasteiger partial charge in [0, 0.05) is 25.6 Å². The molecule has 0 fully saturated rings. The van der Waals surface area contributed by atoms with Gasteiger partial charge in [-0.15, -0.1) is 0 Å². The number of aliphatic imine (C=N–C) groups is 1. The summed E-state index contributed by atoms with van der Waals surface area (Å²) in [6, 6.07) is 0.207. The van der Waals surface area contributed by atoms with Crippen molar-refractivity contribution in [1.82, 2.24) is 14.5 Å². The van der Waals surface area contributed by atoms with Crippen LogP contribution in [0.25, 0.3) is 0 Å². The standard InChI is InChI=1S/C18H16BrF6N5O/c19-16-14-7-29(1-2-30(14)17(28-16)18(23,24)25)15(31)5-10(27-8-26)3-9-4-12(21)13(22)6-11(9)20/h4,6,8,10H,1-3,5,7H2,(H2,26,27). The number of hydrogen-bond acceptors (Lipinski definition) is 3. The van der Waals surface area contributed by atoms with Gasteiger partial charge < -0.3 is 15.2 Å². The first kappa shape index (κ1) is 23.1. The smallest absolute Gasteiger partial charge is 0.390 e. The zero-order chi connectivity index (χ0) is 22.9. The topological polar surface area (TPSA) is 76.5 Å². The molecule has 3 rings (SSSR count). The van der Waals surface area contributed by atoms with E-state index in [0.717, 1.165) is 10.9 Å². The lowest BCUT2D eigenvalue weighted by Gasteiger charge is -2.30. The van der Waals surface area contributed by atoms with Crippen LogP contribution < -0.4 is 5.73 Å². The maximum atomic E-state index is 13.9. The molecule has 1 unspecified atom stereocenters. The van der Waals surface area contributed by atoms with E-state index in [1.807, 2.05) is 0 Å². The predicted molar refractivity (Wildman–Crippen MR) is 101 cm³/mol. The molecule has 2 aromatic rings. The molecule has 0 radical (unpaired) electrons. The summed E-state index contributed by atoms with van der Waals surface area (Å²) in [5.74, 6) is -5.10. The highest BCUT2D eigenvalue weighted by atomic mass is 79.9. The predicted octanol–water partition coefficient (Wildman–Crippen LogP) is 3.41. The van der Waals surface area contributed by atoms with Crippen LogP contribution in [0.15, 0.2) is 21.7 Å². The Morgan fingerprint density at radius 2 is 1.90 bits per heavy atom. The van der Waals surface area contributed by atoms with Gasteiger partial charge in [-0.05, 0) is 34.0 Å². The Kier molecular flexibility index (Phi) is 6.62. The van der Waals surface area contributed by atoms with Gasteiger partial charge in [0.15, 0.2) is 11.6 Å². The maximum Gasteiger partial charge on any atom is 0.449 e. The van der Waals surface area contributed by atoms with Crippen LogP contribution in [0.3, 0.4) is 0 Å². The first-order valence-electron chi connectivity index (χ1n) is 8.98. The van der Waals surface area contributed by atoms with Crippen molar-refractivity contribution < 1.29 is 31.1 Å². The van der Waals surface area contributed by atoms with Crippen molar-refractivity contribution in [2.75, 3.05) is 6.54 Å². The van der Waals surface area contributed by atoms with Crippen LogP contribution in [0, 0.1) is 17.5 Å². The van der Waals surface area contributed by atoms with Crippen LogP contribution in [0.1, 0.15) is 23.5 Å². The number of amides is 1. The number of carbonyl (C=O) groups is 1. The van der Waals surface area contributed by atoms with Crippen LogP contribution in [0.5, 0.6) is 0 Å². The van der Waals surface area contributed by atoms with Gasteiger partial charge in [0.2, 0.25) is 11.7 Å². The first-order chi connectivity index (χ1) is 14.5. The molecular weight excluding hydrogens is 496 g/mol. The van der Waals surface area contributed by atoms with Gasteiger partial charge in [-0.2, -0.15) is 13.2 Å². The molecule has 2 heterocycles. The number of fused-ring (bicyclic) bond motifs is 1. The van der Waals surface area contributed by atoms with E-state index in [2.05, 4.69) is 25.9 Å². The molecule has 168 valence electrons. The molecule has 1 aliphatic rings. The van der Waals surface area contributed by atoms with Gasteiger partial charge in [-0.25, -0.2) is 18.2 Å². The lowest BCUT2D eigenvalue weighted by Crippen LogP contribution is -2.40. The highest BCUT2D eigenvalue weighted by Crippen LogP contribution is 2.34. The molecule has 0 saturated heterocycles. The normalized spacial score (nSPS) is 15.4. The van der Waals surface area contributed by atoms with Crippen molar-refractivity contribution in [2.45, 2.75) is 38.1 Å². The minimum Gasteiger partial charge on any atom is -0.390 e. The van der Waals surface area contributed by atoms with E-state index < -0.39 is 41.4 Å². The summed E-state index contributed by atoms with van der Waals surface area (Å²) in [7, 11) is 0. The Morgan fingerprint density at radius 1 is 1.23 bits per heavy atom. The molecule has 0 bridgehead atoms. The van der Waals surface area contributed by atoms with Crippen molar-refractivity contribution in [2.24, 2.45) is 10.7 Å². The Balaban J connectivity index is 1.74. The molecule has 1 aromatic carbocycles. The molecule has 1 aromatic heterocycles. The summed E-state index contributed by atoms with van der Waals surface area (Å²) in [4.78, 5) is 21.4. The number of rotatable bonds is 5. The molecular formula is C18H16BrF6N5O. The summed E-state index contributed by atoms with van der Waals surface area (Å²) in [6.07, 6.45) is -4.21. The van der Waals surface area contributed by atoms with Gasteiger partial charge in [0.05, 0.1) is 24.6 Å². The fraction of sp³-hybridized carbons (Fsp3) is 0.389. The first-order valence-corrected chi connectivity index (χ1v) is 9.77. The number of halogens is 7. The molecule has 1 aliphatic heterocycles. The highest BCUT2D eigenvalue weighted by Gasteiger charge is 2.40. The third kappa shape index (κ3) is 5.02. The lowest BCUT2D eigenvalue weighted by atomic mass is 10.0. The van der Waals surface area contributed by atoms with E-state index in [1.54, 1.807) is 0 Å². The van der Waals surface area contributed by atoms with E-state index in [-0.39, 0.29) is 48.3 Å². The average molecular weight is 512 g/mol. The van der Waals surface area contributed by atoms with Crippen molar-refractivity contribution >= 4 is 28.2 Å². The monoisotopic (exact) mass is 511 g/mol. The van der Waals surface area contributed by atoms with Crippen molar-refractivity contribution in [3.8, 4) is 0 Å². The summed E-state index contributed by atoms with van der Waals surface area (Å²) < 4.78 is 80.8. The van der Waals surface area contributed by atoms with E-state index in [9.17, 15) is 31.1 Å². The van der Waals surface area contributed by atoms with Gasteiger partial charge in [-0.1, -0.05) is 0 Å². The summed E-state index contributed by atoms with van der Waals surface area (Å²) in [5, 5.41) is 0. The van der Waals surface area contributed by atoms with Gasteiger partial charge in [0.1, 0.15) is 10.4 Å². The Bertz CT molecular complexity index is 1020. The summed E-state index contributed by atoms with van der Waals surface area (Å²) >= 11 is 2.99. The molecule has 0 spiro atoms. The Hall–Kier alpha value is -2.57. The Morgan fingerprint density at radius 3 is 2.55 bits per heavy atom. The summed E-state index contributed by atoms with van der Waals surface area (Å²) in [6.45, 7) is -0.242. The largest absolute Gasteiger partial charge is 0.449 e. The van der Waals surface area contributed by atoms with E-state index in [0.29, 0.717) is 12.1 Å². The number of alkyl halides is 3. The van der Waals surface area contributed by atoms with Crippen LogP contribution >= 0.6 is 15.9 Å². The molecule has 0 aliphatic carbocycles. The molecule has 31 heavy (non-hydrogen) atoms. The fourth-order valence-corrected chi connectivity index (χ4v) is 3.87. The molecule has 13 heteroatoms. The molecule has 0 saturated carbocycles. The SMILES string of the molecule is NC=NC(CC(=O)N1CCn2c(C(F)(F)F)nc(Br)c2C1)Cc1cc(F)c(F)cc1F. The van der Waals surface area contributed by atoms with E-state index in [1.165, 1.54) is 4.90 Å². The number of hydrogen-bond donors (Lipinski definition) is 1. The number of carbonyl (C=O) groups excluding carboxylic acids is 1. The second-order valence-corrected chi connectivity index (χ2v) is 7.61. The van der Waals surface area contributed by atoms with Crippen LogP contribution in [-0.2, 0) is 30.5 Å². The van der Waals surface area contributed by atoms with Crippen LogP contribution in [0.4, 0.5) is 26.3 Å². The minimum absolute atomic E-state index is 0.00366. The number of benzene rings is 1. The lowest BCUT2D eigenvalue weighted by molar-refractivity contribution is -0.148. The zero-order valence-electron chi connectivity index (χ0n) is 15.8. The van der Waals surface area contributed by atoms with Crippen molar-refractivity contribution in [3.05, 3.63) is 51.3 Å². The number of nitrogens with two attached hydrogens (primary N) is 1. The third-order valence-electron chi connectivity index (χ3n) is 4.82. The van der Waals surface area contributed by atoms with Crippen LogP contribution in [0.2, 0.25) is 0 Å². The third-order valence-corrected chi connectivity index (χ3v) is 5.45.